The van der Waals surface area contributed by atoms with Crippen LogP contribution in [0, 0.1) is 0 Å². The van der Waals surface area contributed by atoms with Crippen LogP contribution in [0.15, 0.2) is 35.7 Å². The average Bonchev–Trinajstić information content (AvgIpc) is 3.07. The zero-order valence-electron chi connectivity index (χ0n) is 15.6. The number of rotatable bonds is 7. The van der Waals surface area contributed by atoms with E-state index >= 15 is 0 Å². The second-order valence-electron chi connectivity index (χ2n) is 6.68. The third-order valence-electron chi connectivity index (χ3n) is 3.83. The van der Waals surface area contributed by atoms with Gasteiger partial charge in [-0.05, 0) is 37.5 Å². The Balaban J connectivity index is 2.03. The smallest absolute Gasteiger partial charge is 0.330 e. The van der Waals surface area contributed by atoms with Crippen LogP contribution >= 0.6 is 11.8 Å². The van der Waals surface area contributed by atoms with Crippen LogP contribution in [-0.2, 0) is 14.3 Å². The number of esters is 1. The SMILES string of the molecule is COC(=O)C(C)(C)NC(=O)CSc1nncn1-c1ccc(C(C)C)cc1. The Labute approximate surface area is 157 Å². The van der Waals surface area contributed by atoms with Gasteiger partial charge < -0.3 is 10.1 Å². The lowest BCUT2D eigenvalue weighted by atomic mass is 10.0. The molecule has 0 bridgehead atoms. The molecule has 7 nitrogen and oxygen atoms in total. The molecule has 0 aliphatic rings. The van der Waals surface area contributed by atoms with Gasteiger partial charge in [0.15, 0.2) is 5.16 Å². The maximum atomic E-state index is 12.1. The van der Waals surface area contributed by atoms with Gasteiger partial charge in [-0.2, -0.15) is 0 Å². The van der Waals surface area contributed by atoms with Crippen LogP contribution in [-0.4, -0.2) is 45.0 Å². The number of methoxy groups -OCH3 is 1. The van der Waals surface area contributed by atoms with Crippen LogP contribution in [0.4, 0.5) is 0 Å². The largest absolute Gasteiger partial charge is 0.467 e. The Morgan fingerprint density at radius 2 is 1.92 bits per heavy atom. The number of aromatic nitrogens is 3. The van der Waals surface area contributed by atoms with E-state index in [0.29, 0.717) is 11.1 Å². The molecule has 1 N–H and O–H groups in total. The van der Waals surface area contributed by atoms with Crippen LogP contribution in [0.5, 0.6) is 0 Å². The summed E-state index contributed by atoms with van der Waals surface area (Å²) < 4.78 is 6.51. The summed E-state index contributed by atoms with van der Waals surface area (Å²) in [5.74, 6) is -0.205. The summed E-state index contributed by atoms with van der Waals surface area (Å²) in [6, 6.07) is 8.15. The van der Waals surface area contributed by atoms with E-state index in [0.717, 1.165) is 5.69 Å². The van der Waals surface area contributed by atoms with E-state index in [-0.39, 0.29) is 11.7 Å². The Bertz CT molecular complexity index is 769. The fourth-order valence-corrected chi connectivity index (χ4v) is 3.07. The van der Waals surface area contributed by atoms with Gasteiger partial charge in [0.2, 0.25) is 5.91 Å². The Morgan fingerprint density at radius 3 is 2.50 bits per heavy atom. The fourth-order valence-electron chi connectivity index (χ4n) is 2.34. The van der Waals surface area contributed by atoms with Crippen LogP contribution in [0.3, 0.4) is 0 Å². The van der Waals surface area contributed by atoms with Gasteiger partial charge in [-0.1, -0.05) is 37.7 Å². The number of carbonyl (C=O) groups is 2. The van der Waals surface area contributed by atoms with Crippen molar-refractivity contribution in [2.24, 2.45) is 0 Å². The van der Waals surface area contributed by atoms with Gasteiger partial charge in [0, 0.05) is 5.69 Å². The molecule has 1 aromatic heterocycles. The normalized spacial score (nSPS) is 11.5. The summed E-state index contributed by atoms with van der Waals surface area (Å²) in [5, 5.41) is 11.3. The second-order valence-corrected chi connectivity index (χ2v) is 7.63. The minimum Gasteiger partial charge on any atom is -0.467 e. The minimum atomic E-state index is -1.08. The van der Waals surface area contributed by atoms with Crippen LogP contribution in [0.2, 0.25) is 0 Å². The van der Waals surface area contributed by atoms with Crippen LogP contribution in [0.1, 0.15) is 39.2 Å². The zero-order valence-corrected chi connectivity index (χ0v) is 16.5. The highest BCUT2D eigenvalue weighted by atomic mass is 32.2. The van der Waals surface area contributed by atoms with Crippen molar-refractivity contribution in [3.63, 3.8) is 0 Å². The van der Waals surface area contributed by atoms with Gasteiger partial charge >= 0.3 is 5.97 Å². The van der Waals surface area contributed by atoms with Crippen molar-refractivity contribution in [3.8, 4) is 5.69 Å². The first-order valence-electron chi connectivity index (χ1n) is 8.27. The molecule has 0 radical (unpaired) electrons. The third kappa shape index (κ3) is 4.85. The van der Waals surface area contributed by atoms with Crippen LogP contribution < -0.4 is 5.32 Å². The van der Waals surface area contributed by atoms with E-state index in [1.54, 1.807) is 20.2 Å². The van der Waals surface area contributed by atoms with E-state index in [4.69, 9.17) is 0 Å². The lowest BCUT2D eigenvalue weighted by molar-refractivity contribution is -0.149. The van der Waals surface area contributed by atoms with Gasteiger partial charge in [-0.15, -0.1) is 10.2 Å². The molecule has 2 rings (SSSR count). The first-order chi connectivity index (χ1) is 12.2. The number of hydrogen-bond donors (Lipinski definition) is 1. The molecule has 2 aromatic rings. The highest BCUT2D eigenvalue weighted by Gasteiger charge is 2.30. The summed E-state index contributed by atoms with van der Waals surface area (Å²) in [6.45, 7) is 7.48. The number of ether oxygens (including phenoxy) is 1. The molecule has 0 unspecified atom stereocenters. The molecule has 0 saturated carbocycles. The summed E-state index contributed by atoms with van der Waals surface area (Å²) in [4.78, 5) is 23.8. The predicted molar refractivity (Wildman–Crippen MR) is 100 cm³/mol. The standard InChI is InChI=1S/C18H24N4O3S/c1-12(2)13-6-8-14(9-7-13)22-11-19-21-17(22)26-10-15(23)20-18(3,4)16(24)25-5/h6-9,11-12H,10H2,1-5H3,(H,20,23). The third-order valence-corrected chi connectivity index (χ3v) is 4.78. The summed E-state index contributed by atoms with van der Waals surface area (Å²) in [5.41, 5.74) is 1.10. The van der Waals surface area contributed by atoms with E-state index in [1.807, 2.05) is 16.7 Å². The van der Waals surface area contributed by atoms with Crippen molar-refractivity contribution in [1.29, 1.82) is 0 Å². The molecule has 0 spiro atoms. The number of amides is 1. The van der Waals surface area contributed by atoms with E-state index in [2.05, 4.69) is 46.2 Å². The number of carbonyl (C=O) groups excluding carboxylic acids is 2. The molecule has 1 heterocycles. The molecular weight excluding hydrogens is 352 g/mol. The molecule has 0 atom stereocenters. The molecular formula is C18H24N4O3S. The highest BCUT2D eigenvalue weighted by molar-refractivity contribution is 7.99. The maximum Gasteiger partial charge on any atom is 0.330 e. The van der Waals surface area contributed by atoms with E-state index in [9.17, 15) is 9.59 Å². The average molecular weight is 376 g/mol. The molecule has 0 saturated heterocycles. The number of nitrogens with zero attached hydrogens (tertiary/aromatic N) is 3. The number of hydrogen-bond acceptors (Lipinski definition) is 6. The first-order valence-corrected chi connectivity index (χ1v) is 9.25. The van der Waals surface area contributed by atoms with Crippen LogP contribution in [0.25, 0.3) is 5.69 Å². The molecule has 0 aliphatic carbocycles. The minimum absolute atomic E-state index is 0.114. The zero-order chi connectivity index (χ0) is 19.3. The fraction of sp³-hybridized carbons (Fsp3) is 0.444. The second kappa shape index (κ2) is 8.35. The summed E-state index contributed by atoms with van der Waals surface area (Å²) >= 11 is 1.25. The Hall–Kier alpha value is -2.35. The molecule has 8 heteroatoms. The van der Waals surface area contributed by atoms with Crippen molar-refractivity contribution in [3.05, 3.63) is 36.2 Å². The van der Waals surface area contributed by atoms with Gasteiger partial charge in [0.05, 0.1) is 12.9 Å². The van der Waals surface area contributed by atoms with E-state index < -0.39 is 11.5 Å². The Morgan fingerprint density at radius 1 is 1.27 bits per heavy atom. The van der Waals surface area contributed by atoms with Crippen molar-refractivity contribution in [2.75, 3.05) is 12.9 Å². The number of benzene rings is 1. The first kappa shape index (κ1) is 20.0. The van der Waals surface area contributed by atoms with Crippen molar-refractivity contribution >= 4 is 23.6 Å². The van der Waals surface area contributed by atoms with Crippen molar-refractivity contribution in [2.45, 2.75) is 44.3 Å². The van der Waals surface area contributed by atoms with Gasteiger partial charge in [-0.3, -0.25) is 9.36 Å². The molecule has 0 fully saturated rings. The number of nitrogens with one attached hydrogen (secondary N) is 1. The molecule has 140 valence electrons. The van der Waals surface area contributed by atoms with Crippen molar-refractivity contribution in [1.82, 2.24) is 20.1 Å². The van der Waals surface area contributed by atoms with Gasteiger partial charge in [-0.25, -0.2) is 4.79 Å². The lowest BCUT2D eigenvalue weighted by Gasteiger charge is -2.22. The molecule has 1 amide bonds. The predicted octanol–water partition coefficient (Wildman–Crippen LogP) is 2.55. The lowest BCUT2D eigenvalue weighted by Crippen LogP contribution is -2.50. The quantitative estimate of drug-likeness (QED) is 0.590. The molecule has 0 aliphatic heterocycles. The summed E-state index contributed by atoms with van der Waals surface area (Å²) in [6.07, 6.45) is 1.61. The van der Waals surface area contributed by atoms with Gasteiger partial charge in [0.25, 0.3) is 0 Å². The molecule has 26 heavy (non-hydrogen) atoms. The molecule has 1 aromatic carbocycles. The Kier molecular flexibility index (Phi) is 6.42. The highest BCUT2D eigenvalue weighted by Crippen LogP contribution is 2.22. The maximum absolute atomic E-state index is 12.1. The van der Waals surface area contributed by atoms with Crippen molar-refractivity contribution < 1.29 is 14.3 Å². The van der Waals surface area contributed by atoms with E-state index in [1.165, 1.54) is 24.4 Å². The summed E-state index contributed by atoms with van der Waals surface area (Å²) in [7, 11) is 1.29. The topological polar surface area (TPSA) is 86.1 Å². The van der Waals surface area contributed by atoms with Gasteiger partial charge in [0.1, 0.15) is 11.9 Å². The number of thioether (sulfide) groups is 1. The monoisotopic (exact) mass is 376 g/mol.